The predicted octanol–water partition coefficient (Wildman–Crippen LogP) is -1.97. The number of carboxylic acid groups (broad SMARTS) is 4. The molecule has 0 spiro atoms. The Kier molecular flexibility index (Phi) is 39.5. The molecule has 0 fully saturated rings. The van der Waals surface area contributed by atoms with Gasteiger partial charge >= 0.3 is 23.9 Å². The molecule has 0 aliphatic carbocycles. The van der Waals surface area contributed by atoms with Gasteiger partial charge in [0.15, 0.2) is 0 Å². The zero-order chi connectivity index (χ0) is 71.2. The summed E-state index contributed by atoms with van der Waals surface area (Å²) in [6, 6.07) is -6.88. The topological polar surface area (TPSA) is 531 Å². The second-order valence-electron chi connectivity index (χ2n) is 23.6. The fraction of sp³-hybridized carbons (Fsp3) is 0.656. The van der Waals surface area contributed by atoms with Gasteiger partial charge in [-0.25, -0.2) is 0 Å². The number of carbonyl (C=O) groups is 15. The molecule has 33 nitrogen and oxygen atoms in total. The molecule has 0 saturated carbocycles. The Bertz CT molecular complexity index is 2700. The molecule has 1 aromatic carbocycles. The number of hydrogen-bond acceptors (Lipinski definition) is 18. The molecule has 0 bridgehead atoms. The normalized spacial score (nSPS) is 14.6. The van der Waals surface area contributed by atoms with E-state index in [0.717, 1.165) is 5.56 Å². The summed E-state index contributed by atoms with van der Waals surface area (Å²) in [6.07, 6.45) is -4.76. The first-order valence-electron chi connectivity index (χ1n) is 31.4. The van der Waals surface area contributed by atoms with Gasteiger partial charge in [0, 0.05) is 45.4 Å². The minimum Gasteiger partial charge on any atom is -0.481 e. The first-order chi connectivity index (χ1) is 44.2. The third-order valence-electron chi connectivity index (χ3n) is 14.7. The van der Waals surface area contributed by atoms with Crippen LogP contribution in [0.5, 0.6) is 0 Å². The molecule has 33 heteroatoms. The van der Waals surface area contributed by atoms with E-state index in [2.05, 4.69) is 58.5 Å². The summed E-state index contributed by atoms with van der Waals surface area (Å²) in [7, 11) is 1.22. The number of methoxy groups -OCH3 is 1. The summed E-state index contributed by atoms with van der Waals surface area (Å²) in [5, 5.41) is 66.0. The average molecular weight is 1330 g/mol. The molecule has 0 aromatic heterocycles. The molecule has 0 saturated heterocycles. The molecule has 1 aromatic rings. The van der Waals surface area contributed by atoms with Crippen molar-refractivity contribution in [3.05, 3.63) is 35.9 Å². The predicted molar refractivity (Wildman–Crippen MR) is 338 cm³/mol. The van der Waals surface area contributed by atoms with Crippen LogP contribution in [-0.2, 0) is 83.2 Å². The van der Waals surface area contributed by atoms with E-state index in [4.69, 9.17) is 16.2 Å². The number of carbonyl (C=O) groups excluding carboxylic acids is 11. The van der Waals surface area contributed by atoms with Crippen molar-refractivity contribution in [1.82, 2.24) is 58.5 Å². The van der Waals surface area contributed by atoms with Gasteiger partial charge in [-0.05, 0) is 95.6 Å². The summed E-state index contributed by atoms with van der Waals surface area (Å²) in [4.78, 5) is 199. The van der Waals surface area contributed by atoms with Gasteiger partial charge in [0.1, 0.15) is 54.4 Å². The third kappa shape index (κ3) is 34.2. The first-order valence-corrected chi connectivity index (χ1v) is 31.4. The molecule has 528 valence electrons. The Morgan fingerprint density at radius 2 is 0.809 bits per heavy atom. The smallest absolute Gasteiger partial charge is 0.305 e. The summed E-state index contributed by atoms with van der Waals surface area (Å²) in [5.74, 6) is -16.6. The molecule has 94 heavy (non-hydrogen) atoms. The Morgan fingerprint density at radius 3 is 1.19 bits per heavy atom. The number of nitrogens with one attached hydrogen (secondary N) is 11. The van der Waals surface area contributed by atoms with Crippen LogP contribution in [0.3, 0.4) is 0 Å². The number of carboxylic acids is 4. The van der Waals surface area contributed by atoms with Gasteiger partial charge in [-0.3, -0.25) is 71.9 Å². The highest BCUT2D eigenvalue weighted by atomic mass is 16.5. The fourth-order valence-corrected chi connectivity index (χ4v) is 9.00. The molecule has 19 N–H and O–H groups in total. The number of nitrogens with two attached hydrogens (primary N) is 2. The van der Waals surface area contributed by atoms with Crippen LogP contribution in [0.25, 0.3) is 0 Å². The Morgan fingerprint density at radius 1 is 0.436 bits per heavy atom. The maximum absolute atomic E-state index is 14.3. The summed E-state index contributed by atoms with van der Waals surface area (Å²) in [6.45, 7) is 11.8. The number of primary amides is 1. The molecule has 11 atom stereocenters. The molecule has 0 aliphatic rings. The number of hydrogen-bond donors (Lipinski definition) is 17. The lowest BCUT2D eigenvalue weighted by atomic mass is 10.0. The number of amides is 11. The minimum atomic E-state index is -1.83. The molecular formula is C61H99N13O20. The van der Waals surface area contributed by atoms with Crippen LogP contribution in [0.4, 0.5) is 0 Å². The maximum atomic E-state index is 14.3. The lowest BCUT2D eigenvalue weighted by molar-refractivity contribution is -0.140. The molecule has 0 heterocycles. The van der Waals surface area contributed by atoms with Gasteiger partial charge in [-0.2, -0.15) is 0 Å². The third-order valence-corrected chi connectivity index (χ3v) is 14.7. The van der Waals surface area contributed by atoms with Crippen molar-refractivity contribution in [2.75, 3.05) is 20.3 Å². The van der Waals surface area contributed by atoms with Gasteiger partial charge in [0.25, 0.3) is 0 Å². The van der Waals surface area contributed by atoms with Crippen molar-refractivity contribution in [3.8, 4) is 0 Å². The van der Waals surface area contributed by atoms with Gasteiger partial charge in [0.05, 0.1) is 19.1 Å². The Hall–Kier alpha value is -8.85. The zero-order valence-electron chi connectivity index (χ0n) is 54.8. The van der Waals surface area contributed by atoms with Crippen LogP contribution in [0, 0.1) is 11.8 Å². The van der Waals surface area contributed by atoms with Crippen LogP contribution in [-0.4, -0.2) is 196 Å². The van der Waals surface area contributed by atoms with E-state index in [0.29, 0.717) is 12.8 Å². The zero-order valence-corrected chi connectivity index (χ0v) is 54.8. The van der Waals surface area contributed by atoms with Crippen LogP contribution in [0.2, 0.25) is 0 Å². The van der Waals surface area contributed by atoms with Crippen LogP contribution < -0.4 is 70.0 Å². The highest BCUT2D eigenvalue weighted by Gasteiger charge is 2.37. The van der Waals surface area contributed by atoms with E-state index < -0.39 is 214 Å². The number of aliphatic carboxylic acids is 4. The van der Waals surface area contributed by atoms with Gasteiger partial charge in [-0.15, -0.1) is 0 Å². The number of rotatable bonds is 49. The second kappa shape index (κ2) is 44.7. The molecule has 11 amide bonds. The van der Waals surface area contributed by atoms with Crippen LogP contribution in [0.1, 0.15) is 157 Å². The van der Waals surface area contributed by atoms with Crippen molar-refractivity contribution >= 4 is 88.9 Å². The molecular weight excluding hydrogens is 1230 g/mol. The van der Waals surface area contributed by atoms with E-state index >= 15 is 0 Å². The fourth-order valence-electron chi connectivity index (χ4n) is 9.00. The van der Waals surface area contributed by atoms with Gasteiger partial charge in [0.2, 0.25) is 65.0 Å². The average Bonchev–Trinajstić information content (AvgIpc) is 1.01. The van der Waals surface area contributed by atoms with E-state index in [1.807, 2.05) is 13.8 Å². The van der Waals surface area contributed by atoms with Crippen molar-refractivity contribution in [3.63, 3.8) is 0 Å². The monoisotopic (exact) mass is 1330 g/mol. The van der Waals surface area contributed by atoms with E-state index in [1.54, 1.807) is 58.0 Å². The summed E-state index contributed by atoms with van der Waals surface area (Å²) in [5.41, 5.74) is 12.0. The quantitative estimate of drug-likeness (QED) is 0.0315. The number of ether oxygens (including phenoxy) is 1. The Labute approximate surface area is 546 Å². The largest absolute Gasteiger partial charge is 0.481 e. The minimum absolute atomic E-state index is 0.00955. The van der Waals surface area contributed by atoms with E-state index in [9.17, 15) is 92.3 Å². The van der Waals surface area contributed by atoms with Crippen molar-refractivity contribution < 1.29 is 97.1 Å². The molecule has 0 aliphatic heterocycles. The summed E-state index contributed by atoms with van der Waals surface area (Å²) >= 11 is 0. The van der Waals surface area contributed by atoms with Crippen molar-refractivity contribution in [1.29, 1.82) is 0 Å². The van der Waals surface area contributed by atoms with Gasteiger partial charge < -0.3 is 95.1 Å². The lowest BCUT2D eigenvalue weighted by Gasteiger charge is -2.28. The van der Waals surface area contributed by atoms with Crippen LogP contribution >= 0.6 is 0 Å². The molecule has 1 rings (SSSR count). The molecule has 0 unspecified atom stereocenters. The first kappa shape index (κ1) is 83.2. The molecule has 0 radical (unpaired) electrons. The number of unbranched alkanes of at least 4 members (excludes halogenated alkanes) is 2. The SMILES string of the molecule is CCCC[C@H](NC(=O)[C@H](CCC(N)=O)NC(=O)[C@H](CCCCN)NC(=O)[C@@H](COC)NC(=O)[C@H](CC(C)C)NC(=O)[C@H](CC(=O)O)NCc1ccccc1)C(=O)N[C@@H](CCC(=O)O)C(=O)N[C@@H](CCC(=O)O)C(=O)N[C@@H](CCC(=O)O)C(=O)N[C@@H](C)C(=O)N[C@H](C)C(C)C. The Balaban J connectivity index is 3.61. The standard InChI is InChI=1S/C61H99N13O20/c1-9-10-18-38(54(86)71-42(22-26-49(78)79)58(90)72-43(23-27-50(80)81)57(89)70-41(21-25-48(76)77)53(85)66-36(7)52(84)65-35(6)34(4)5)67-56(88)40(20-24-47(63)75)69-55(87)39(19-14-15-28-62)68-61(93)46(32-94-8)74-60(92)45(29-33(2)3)73-59(91)44(30-51(82)83)64-31-37-16-12-11-13-17-37/h11-13,16-17,33-36,38-46,64H,9-10,14-15,18-32,62H2,1-8H3,(H2,63,75)(H,65,84)(H,66,85)(H,67,88)(H,68,93)(H,69,87)(H,70,89)(H,71,86)(H,72,90)(H,73,91)(H,74,92)(H,76,77)(H,78,79)(H,80,81)(H,82,83)/t35-,36+,38+,39+,40+,41+,42+,43+,44+,45+,46-/m1/s1. The lowest BCUT2D eigenvalue weighted by Crippen LogP contribution is -2.61. The second-order valence-corrected chi connectivity index (χ2v) is 23.6. The maximum Gasteiger partial charge on any atom is 0.305 e. The number of benzene rings is 1. The van der Waals surface area contributed by atoms with E-state index in [1.165, 1.54) is 14.0 Å². The van der Waals surface area contributed by atoms with E-state index in [-0.39, 0.29) is 63.1 Å². The highest BCUT2D eigenvalue weighted by molar-refractivity contribution is 5.99. The highest BCUT2D eigenvalue weighted by Crippen LogP contribution is 2.13. The summed E-state index contributed by atoms with van der Waals surface area (Å²) < 4.78 is 5.26. The van der Waals surface area contributed by atoms with Gasteiger partial charge in [-0.1, -0.05) is 77.8 Å². The van der Waals surface area contributed by atoms with Crippen molar-refractivity contribution in [2.45, 2.75) is 224 Å². The van der Waals surface area contributed by atoms with Crippen LogP contribution in [0.15, 0.2) is 30.3 Å². The van der Waals surface area contributed by atoms with Crippen molar-refractivity contribution in [2.24, 2.45) is 23.3 Å².